The van der Waals surface area contributed by atoms with E-state index in [0.717, 1.165) is 6.42 Å². The van der Waals surface area contributed by atoms with Crippen molar-refractivity contribution >= 4 is 11.8 Å². The lowest BCUT2D eigenvalue weighted by atomic mass is 9.69. The first-order chi connectivity index (χ1) is 6.32. The number of hydrogen-bond acceptors (Lipinski definition) is 2. The van der Waals surface area contributed by atoms with Gasteiger partial charge in [0.15, 0.2) is 0 Å². The van der Waals surface area contributed by atoms with Crippen LogP contribution < -0.4 is 0 Å². The van der Waals surface area contributed by atoms with E-state index in [-0.39, 0.29) is 11.2 Å². The quantitative estimate of drug-likeness (QED) is 0.656. The SMILES string of the molecule is CC(C)(C)[C@@H]1CCC(=O)[C@@H](C(=O)O)C1. The zero-order valence-electron chi connectivity index (χ0n) is 9.04. The van der Waals surface area contributed by atoms with Crippen molar-refractivity contribution < 1.29 is 14.7 Å². The van der Waals surface area contributed by atoms with Gasteiger partial charge in [-0.3, -0.25) is 9.59 Å². The molecule has 0 amide bonds. The normalized spacial score (nSPS) is 28.9. The summed E-state index contributed by atoms with van der Waals surface area (Å²) in [7, 11) is 0. The van der Waals surface area contributed by atoms with E-state index >= 15 is 0 Å². The Morgan fingerprint density at radius 3 is 2.43 bits per heavy atom. The summed E-state index contributed by atoms with van der Waals surface area (Å²) in [6.07, 6.45) is 1.78. The first kappa shape index (κ1) is 11.2. The van der Waals surface area contributed by atoms with Crippen molar-refractivity contribution in [3.63, 3.8) is 0 Å². The van der Waals surface area contributed by atoms with Crippen LogP contribution in [0.5, 0.6) is 0 Å². The zero-order chi connectivity index (χ0) is 10.9. The number of ketones is 1. The van der Waals surface area contributed by atoms with E-state index in [0.29, 0.717) is 18.8 Å². The maximum Gasteiger partial charge on any atom is 0.314 e. The average molecular weight is 198 g/mol. The molecule has 1 aliphatic rings. The number of rotatable bonds is 1. The number of hydrogen-bond donors (Lipinski definition) is 1. The van der Waals surface area contributed by atoms with E-state index in [1.54, 1.807) is 0 Å². The van der Waals surface area contributed by atoms with E-state index in [1.807, 2.05) is 0 Å². The summed E-state index contributed by atoms with van der Waals surface area (Å²) in [5, 5.41) is 8.87. The number of carboxylic acids is 1. The second-order valence-corrected chi connectivity index (χ2v) is 5.19. The fraction of sp³-hybridized carbons (Fsp3) is 0.818. The average Bonchev–Trinajstić information content (AvgIpc) is 2.02. The van der Waals surface area contributed by atoms with Gasteiger partial charge in [-0.2, -0.15) is 0 Å². The van der Waals surface area contributed by atoms with Crippen molar-refractivity contribution in [2.75, 3.05) is 0 Å². The monoisotopic (exact) mass is 198 g/mol. The number of carbonyl (C=O) groups is 2. The summed E-state index contributed by atoms with van der Waals surface area (Å²) in [6.45, 7) is 6.31. The van der Waals surface area contributed by atoms with Crippen LogP contribution in [0, 0.1) is 17.3 Å². The highest BCUT2D eigenvalue weighted by molar-refractivity contribution is 5.98. The summed E-state index contributed by atoms with van der Waals surface area (Å²) in [4.78, 5) is 22.1. The largest absolute Gasteiger partial charge is 0.481 e. The fourth-order valence-corrected chi connectivity index (χ4v) is 2.05. The number of carboxylic acid groups (broad SMARTS) is 1. The van der Waals surface area contributed by atoms with Crippen LogP contribution in [-0.4, -0.2) is 16.9 Å². The topological polar surface area (TPSA) is 54.4 Å². The molecule has 1 fully saturated rings. The van der Waals surface area contributed by atoms with Crippen molar-refractivity contribution in [2.45, 2.75) is 40.0 Å². The molecule has 0 aliphatic heterocycles. The van der Waals surface area contributed by atoms with Gasteiger partial charge in [-0.25, -0.2) is 0 Å². The Morgan fingerprint density at radius 2 is 2.00 bits per heavy atom. The molecular weight excluding hydrogens is 180 g/mol. The highest BCUT2D eigenvalue weighted by Gasteiger charge is 2.38. The molecule has 1 rings (SSSR count). The Hall–Kier alpha value is -0.860. The van der Waals surface area contributed by atoms with Gasteiger partial charge in [0, 0.05) is 6.42 Å². The molecular formula is C11H18O3. The Kier molecular flexibility index (Phi) is 2.98. The van der Waals surface area contributed by atoms with Gasteiger partial charge in [0.2, 0.25) is 0 Å². The van der Waals surface area contributed by atoms with Gasteiger partial charge in [0.1, 0.15) is 11.7 Å². The molecule has 0 spiro atoms. The van der Waals surface area contributed by atoms with Crippen LogP contribution in [0.15, 0.2) is 0 Å². The number of carbonyl (C=O) groups excluding carboxylic acids is 1. The molecule has 0 aromatic carbocycles. The van der Waals surface area contributed by atoms with Crippen LogP contribution in [0.25, 0.3) is 0 Å². The molecule has 1 aliphatic carbocycles. The van der Waals surface area contributed by atoms with E-state index < -0.39 is 11.9 Å². The van der Waals surface area contributed by atoms with Gasteiger partial charge in [0.05, 0.1) is 0 Å². The van der Waals surface area contributed by atoms with E-state index in [1.165, 1.54) is 0 Å². The van der Waals surface area contributed by atoms with Gasteiger partial charge in [-0.15, -0.1) is 0 Å². The summed E-state index contributed by atoms with van der Waals surface area (Å²) >= 11 is 0. The molecule has 0 aromatic rings. The first-order valence-corrected chi connectivity index (χ1v) is 5.08. The van der Waals surface area contributed by atoms with E-state index in [2.05, 4.69) is 20.8 Å². The third-order valence-electron chi connectivity index (χ3n) is 3.17. The molecule has 80 valence electrons. The molecule has 0 saturated heterocycles. The molecule has 1 N–H and O–H groups in total. The standard InChI is InChI=1S/C11H18O3/c1-11(2,3)7-4-5-9(12)8(6-7)10(13)14/h7-8H,4-6H2,1-3H3,(H,13,14)/t7-,8+/m1/s1. The first-order valence-electron chi connectivity index (χ1n) is 5.08. The van der Waals surface area contributed by atoms with Crippen molar-refractivity contribution in [3.8, 4) is 0 Å². The lowest BCUT2D eigenvalue weighted by Crippen LogP contribution is -2.35. The number of aliphatic carboxylic acids is 1. The Bertz CT molecular complexity index is 250. The van der Waals surface area contributed by atoms with Gasteiger partial charge in [0.25, 0.3) is 0 Å². The van der Waals surface area contributed by atoms with Gasteiger partial charge in [-0.05, 0) is 24.2 Å². The third kappa shape index (κ3) is 2.34. The molecule has 0 heterocycles. The van der Waals surface area contributed by atoms with Crippen LogP contribution in [0.3, 0.4) is 0 Å². The van der Waals surface area contributed by atoms with Crippen LogP contribution in [0.4, 0.5) is 0 Å². The molecule has 1 saturated carbocycles. The van der Waals surface area contributed by atoms with E-state index in [9.17, 15) is 9.59 Å². The van der Waals surface area contributed by atoms with Crippen molar-refractivity contribution in [2.24, 2.45) is 17.3 Å². The van der Waals surface area contributed by atoms with E-state index in [4.69, 9.17) is 5.11 Å². The maximum absolute atomic E-state index is 11.3. The second kappa shape index (κ2) is 3.71. The predicted octanol–water partition coefficient (Wildman–Crippen LogP) is 2.10. The molecule has 3 heteroatoms. The maximum atomic E-state index is 11.3. The summed E-state index contributed by atoms with van der Waals surface area (Å²) in [5.41, 5.74) is 0.106. The van der Waals surface area contributed by atoms with Crippen LogP contribution in [0.2, 0.25) is 0 Å². The Balaban J connectivity index is 2.72. The minimum Gasteiger partial charge on any atom is -0.481 e. The Labute approximate surface area is 84.5 Å². The van der Waals surface area contributed by atoms with Gasteiger partial charge in [-0.1, -0.05) is 20.8 Å². The zero-order valence-corrected chi connectivity index (χ0v) is 9.04. The molecule has 3 nitrogen and oxygen atoms in total. The smallest absolute Gasteiger partial charge is 0.314 e. The van der Waals surface area contributed by atoms with Crippen molar-refractivity contribution in [1.82, 2.24) is 0 Å². The third-order valence-corrected chi connectivity index (χ3v) is 3.17. The summed E-state index contributed by atoms with van der Waals surface area (Å²) in [6, 6.07) is 0. The molecule has 0 unspecified atom stereocenters. The summed E-state index contributed by atoms with van der Waals surface area (Å²) < 4.78 is 0. The lowest BCUT2D eigenvalue weighted by Gasteiger charge is -2.35. The minimum atomic E-state index is -0.955. The molecule has 0 bridgehead atoms. The highest BCUT2D eigenvalue weighted by atomic mass is 16.4. The molecule has 14 heavy (non-hydrogen) atoms. The van der Waals surface area contributed by atoms with Crippen LogP contribution >= 0.6 is 0 Å². The number of Topliss-reactive ketones (excluding diaryl/α,β-unsaturated/α-hetero) is 1. The highest BCUT2D eigenvalue weighted by Crippen LogP contribution is 2.38. The predicted molar refractivity (Wildman–Crippen MR) is 52.9 cm³/mol. The fourth-order valence-electron chi connectivity index (χ4n) is 2.05. The molecule has 2 atom stereocenters. The molecule has 0 radical (unpaired) electrons. The summed E-state index contributed by atoms with van der Waals surface area (Å²) in [5.74, 6) is -1.46. The second-order valence-electron chi connectivity index (χ2n) is 5.19. The van der Waals surface area contributed by atoms with Gasteiger partial charge < -0.3 is 5.11 Å². The Morgan fingerprint density at radius 1 is 1.43 bits per heavy atom. The van der Waals surface area contributed by atoms with Crippen molar-refractivity contribution in [3.05, 3.63) is 0 Å². The van der Waals surface area contributed by atoms with Crippen molar-refractivity contribution in [1.29, 1.82) is 0 Å². The van der Waals surface area contributed by atoms with Crippen LogP contribution in [0.1, 0.15) is 40.0 Å². The minimum absolute atomic E-state index is 0.0991. The van der Waals surface area contributed by atoms with Gasteiger partial charge >= 0.3 is 5.97 Å². The van der Waals surface area contributed by atoms with Crippen LogP contribution in [-0.2, 0) is 9.59 Å². The lowest BCUT2D eigenvalue weighted by molar-refractivity contribution is -0.149. The molecule has 0 aromatic heterocycles.